The van der Waals surface area contributed by atoms with E-state index < -0.39 is 0 Å². The number of methoxy groups -OCH3 is 1. The number of fused-ring (bicyclic) bond motifs is 1. The second-order valence-electron chi connectivity index (χ2n) is 7.68. The van der Waals surface area contributed by atoms with Crippen LogP contribution in [0.15, 0.2) is 47.8 Å². The normalized spacial score (nSPS) is 15.1. The van der Waals surface area contributed by atoms with Crippen molar-refractivity contribution in [2.75, 3.05) is 18.6 Å². The average Bonchev–Trinajstić information content (AvgIpc) is 2.71. The van der Waals surface area contributed by atoms with Crippen LogP contribution in [-0.2, 0) is 0 Å². The molecular weight excluding hydrogens is 364 g/mol. The van der Waals surface area contributed by atoms with Crippen LogP contribution in [0.3, 0.4) is 0 Å². The molecule has 0 radical (unpaired) electrons. The Hall–Kier alpha value is -3.15. The Bertz CT molecular complexity index is 949. The number of amides is 1. The number of rotatable bonds is 6. The average molecular weight is 393 g/mol. The van der Waals surface area contributed by atoms with Crippen molar-refractivity contribution in [3.63, 3.8) is 0 Å². The first-order valence-corrected chi connectivity index (χ1v) is 9.80. The van der Waals surface area contributed by atoms with E-state index in [4.69, 9.17) is 4.74 Å². The van der Waals surface area contributed by atoms with E-state index in [0.29, 0.717) is 5.56 Å². The Morgan fingerprint density at radius 2 is 2.17 bits per heavy atom. The van der Waals surface area contributed by atoms with Crippen molar-refractivity contribution < 1.29 is 9.53 Å². The van der Waals surface area contributed by atoms with E-state index in [2.05, 4.69) is 66.3 Å². The molecule has 1 aromatic heterocycles. The predicted molar refractivity (Wildman–Crippen MR) is 118 cm³/mol. The number of nitrogens with one attached hydrogen (secondary N) is 1. The molecule has 0 saturated carbocycles. The Balaban J connectivity index is 1.91. The summed E-state index contributed by atoms with van der Waals surface area (Å²) in [7, 11) is 1.65. The van der Waals surface area contributed by atoms with Crippen LogP contribution in [0.4, 0.5) is 5.69 Å². The first kappa shape index (κ1) is 20.6. The van der Waals surface area contributed by atoms with Gasteiger partial charge in [-0.15, -0.1) is 0 Å². The lowest BCUT2D eigenvalue weighted by Gasteiger charge is -2.43. The zero-order chi connectivity index (χ0) is 21.0. The van der Waals surface area contributed by atoms with Crippen molar-refractivity contribution in [1.29, 1.82) is 0 Å². The summed E-state index contributed by atoms with van der Waals surface area (Å²) >= 11 is 0. The summed E-state index contributed by atoms with van der Waals surface area (Å²) in [5.41, 5.74) is 7.27. The summed E-state index contributed by atoms with van der Waals surface area (Å²) in [6.45, 7) is 9.73. The number of hydrogen-bond donors (Lipinski definition) is 1. The van der Waals surface area contributed by atoms with Crippen LogP contribution in [0.1, 0.15) is 55.6 Å². The van der Waals surface area contributed by atoms with Gasteiger partial charge in [-0.05, 0) is 51.0 Å². The Kier molecular flexibility index (Phi) is 6.01. The van der Waals surface area contributed by atoms with Gasteiger partial charge < -0.3 is 9.64 Å². The maximum atomic E-state index is 12.1. The van der Waals surface area contributed by atoms with Gasteiger partial charge in [0.25, 0.3) is 5.91 Å². The fraction of sp³-hybridized carbons (Fsp3) is 0.348. The number of carbonyl (C=O) groups excluding carboxylic acids is 1. The summed E-state index contributed by atoms with van der Waals surface area (Å²) in [4.78, 5) is 18.5. The molecule has 1 amide bonds. The molecule has 1 aliphatic rings. The molecular formula is C23H28N4O2. The molecule has 1 aliphatic heterocycles. The van der Waals surface area contributed by atoms with Gasteiger partial charge in [-0.2, -0.15) is 5.10 Å². The first-order chi connectivity index (χ1) is 13.9. The van der Waals surface area contributed by atoms with Gasteiger partial charge in [-0.1, -0.05) is 13.0 Å². The summed E-state index contributed by atoms with van der Waals surface area (Å²) in [6, 6.07) is 7.53. The zero-order valence-electron chi connectivity index (χ0n) is 17.7. The first-order valence-electron chi connectivity index (χ1n) is 9.80. The van der Waals surface area contributed by atoms with Crippen molar-refractivity contribution in [2.45, 2.75) is 39.7 Å². The number of hydrazone groups is 1. The lowest BCUT2D eigenvalue weighted by molar-refractivity contribution is 0.0954. The van der Waals surface area contributed by atoms with Crippen molar-refractivity contribution in [3.8, 4) is 5.75 Å². The van der Waals surface area contributed by atoms with E-state index in [-0.39, 0.29) is 11.4 Å². The maximum Gasteiger partial charge on any atom is 0.272 e. The third-order valence-electron chi connectivity index (χ3n) is 5.07. The third kappa shape index (κ3) is 4.31. The number of benzene rings is 1. The lowest BCUT2D eigenvalue weighted by atomic mass is 9.87. The minimum Gasteiger partial charge on any atom is -0.496 e. The number of hydrogen-bond acceptors (Lipinski definition) is 5. The molecule has 152 valence electrons. The largest absolute Gasteiger partial charge is 0.496 e. The van der Waals surface area contributed by atoms with E-state index in [0.717, 1.165) is 35.5 Å². The second kappa shape index (κ2) is 8.47. The minimum absolute atomic E-state index is 0.0641. The molecule has 0 unspecified atom stereocenters. The van der Waals surface area contributed by atoms with Gasteiger partial charge in [0, 0.05) is 41.8 Å². The van der Waals surface area contributed by atoms with E-state index in [1.54, 1.807) is 31.7 Å². The van der Waals surface area contributed by atoms with Crippen molar-refractivity contribution in [1.82, 2.24) is 10.4 Å². The van der Waals surface area contributed by atoms with Crippen LogP contribution < -0.4 is 15.1 Å². The smallest absolute Gasteiger partial charge is 0.272 e. The van der Waals surface area contributed by atoms with Gasteiger partial charge >= 0.3 is 0 Å². The van der Waals surface area contributed by atoms with Gasteiger partial charge in [0.05, 0.1) is 24.4 Å². The maximum absolute atomic E-state index is 12.1. The van der Waals surface area contributed by atoms with Gasteiger partial charge in [-0.3, -0.25) is 9.78 Å². The Labute approximate surface area is 172 Å². The number of ether oxygens (including phenoxy) is 1. The van der Waals surface area contributed by atoms with E-state index >= 15 is 0 Å². The fourth-order valence-corrected chi connectivity index (χ4v) is 3.75. The van der Waals surface area contributed by atoms with Crippen LogP contribution in [0.2, 0.25) is 0 Å². The second-order valence-corrected chi connectivity index (χ2v) is 7.68. The number of pyridine rings is 1. The number of allylic oxidation sites excluding steroid dienone is 1. The van der Waals surface area contributed by atoms with Crippen LogP contribution in [-0.4, -0.2) is 36.3 Å². The van der Waals surface area contributed by atoms with Crippen LogP contribution in [0, 0.1) is 0 Å². The van der Waals surface area contributed by atoms with Crippen LogP contribution in [0.25, 0.3) is 5.57 Å². The van der Waals surface area contributed by atoms with Crippen molar-refractivity contribution in [2.24, 2.45) is 5.10 Å². The Morgan fingerprint density at radius 3 is 2.83 bits per heavy atom. The number of anilines is 1. The van der Waals surface area contributed by atoms with Gasteiger partial charge in [0.15, 0.2) is 0 Å². The number of carbonyl (C=O) groups is 1. The molecule has 6 heteroatoms. The molecule has 2 aromatic rings. The highest BCUT2D eigenvalue weighted by atomic mass is 16.5. The van der Waals surface area contributed by atoms with Gasteiger partial charge in [0.1, 0.15) is 5.75 Å². The molecule has 6 nitrogen and oxygen atoms in total. The van der Waals surface area contributed by atoms with Gasteiger partial charge in [0.2, 0.25) is 0 Å². The molecule has 1 aromatic carbocycles. The molecule has 29 heavy (non-hydrogen) atoms. The molecule has 0 fully saturated rings. The standard InChI is InChI=1S/C23H28N4O2/c1-6-10-27-20-12-21(29-5)18(11-19(20)16(2)13-23(27,3)4)15-25-26-22(28)17-8-7-9-24-14-17/h7-9,11-15H,6,10H2,1-5H3,(H,26,28)/b25-15-. The highest BCUT2D eigenvalue weighted by Crippen LogP contribution is 2.41. The van der Waals surface area contributed by atoms with Crippen LogP contribution in [0.5, 0.6) is 5.75 Å². The number of nitrogens with zero attached hydrogens (tertiary/aromatic N) is 3. The van der Waals surface area contributed by atoms with E-state index in [1.165, 1.54) is 11.8 Å². The van der Waals surface area contributed by atoms with Gasteiger partial charge in [-0.25, -0.2) is 5.43 Å². The Morgan fingerprint density at radius 1 is 1.38 bits per heavy atom. The van der Waals surface area contributed by atoms with E-state index in [9.17, 15) is 4.79 Å². The summed E-state index contributed by atoms with van der Waals surface area (Å²) in [5, 5.41) is 4.12. The molecule has 3 rings (SSSR count). The summed E-state index contributed by atoms with van der Waals surface area (Å²) < 4.78 is 5.62. The lowest BCUT2D eigenvalue weighted by Crippen LogP contribution is -2.45. The fourth-order valence-electron chi connectivity index (χ4n) is 3.75. The topological polar surface area (TPSA) is 66.8 Å². The molecule has 0 saturated heterocycles. The summed E-state index contributed by atoms with van der Waals surface area (Å²) in [5.74, 6) is 0.410. The molecule has 0 aliphatic carbocycles. The molecule has 0 bridgehead atoms. The number of aromatic nitrogens is 1. The predicted octanol–water partition coefficient (Wildman–Crippen LogP) is 4.27. The van der Waals surface area contributed by atoms with Crippen molar-refractivity contribution >= 4 is 23.4 Å². The quantitative estimate of drug-likeness (QED) is 0.589. The third-order valence-corrected chi connectivity index (χ3v) is 5.07. The zero-order valence-corrected chi connectivity index (χ0v) is 17.7. The summed E-state index contributed by atoms with van der Waals surface area (Å²) in [6.07, 6.45) is 8.09. The molecule has 1 N–H and O–H groups in total. The van der Waals surface area contributed by atoms with E-state index in [1.807, 2.05) is 0 Å². The minimum atomic E-state index is -0.307. The molecule has 2 heterocycles. The monoisotopic (exact) mass is 392 g/mol. The SMILES string of the molecule is CCCN1c2cc(OC)c(/C=N\NC(=O)c3cccnc3)cc2C(C)=CC1(C)C. The molecule has 0 atom stereocenters. The van der Waals surface area contributed by atoms with Crippen LogP contribution >= 0.6 is 0 Å². The molecule has 0 spiro atoms. The highest BCUT2D eigenvalue weighted by molar-refractivity contribution is 5.95. The highest BCUT2D eigenvalue weighted by Gasteiger charge is 2.31. The van der Waals surface area contributed by atoms with Crippen molar-refractivity contribution in [3.05, 3.63) is 59.4 Å².